The molecule has 1 amide bonds. The highest BCUT2D eigenvalue weighted by Gasteiger charge is 2.44. The summed E-state index contributed by atoms with van der Waals surface area (Å²) in [6.07, 6.45) is 3.38. The fraction of sp³-hybridized carbons (Fsp3) is 0.692. The van der Waals surface area contributed by atoms with Gasteiger partial charge in [0.1, 0.15) is 5.82 Å². The first-order valence-corrected chi connectivity index (χ1v) is 6.48. The van der Waals surface area contributed by atoms with Gasteiger partial charge in [-0.15, -0.1) is 0 Å². The summed E-state index contributed by atoms with van der Waals surface area (Å²) in [5.41, 5.74) is 6.02. The molecule has 5 heteroatoms. The molecular weight excluding hydrogens is 228 g/mol. The molecule has 1 heterocycles. The summed E-state index contributed by atoms with van der Waals surface area (Å²) in [5.74, 6) is 1.04. The average Bonchev–Trinajstić information content (AvgIpc) is 2.78. The SMILES string of the molecule is CC1C(N)CCC(C(=O)Nc2ccn[nH]2)C1(C)C. The highest BCUT2D eigenvalue weighted by Crippen LogP contribution is 2.44. The van der Waals surface area contributed by atoms with Crippen LogP contribution in [0.4, 0.5) is 5.82 Å². The van der Waals surface area contributed by atoms with Gasteiger partial charge in [-0.3, -0.25) is 9.89 Å². The second-order valence-electron chi connectivity index (χ2n) is 5.86. The number of nitrogens with two attached hydrogens (primary N) is 1. The van der Waals surface area contributed by atoms with E-state index in [2.05, 4.69) is 36.3 Å². The topological polar surface area (TPSA) is 83.8 Å². The fourth-order valence-electron chi connectivity index (χ4n) is 2.86. The molecule has 0 spiro atoms. The van der Waals surface area contributed by atoms with E-state index in [1.165, 1.54) is 0 Å². The molecule has 1 fully saturated rings. The minimum absolute atomic E-state index is 0.00407. The van der Waals surface area contributed by atoms with Crippen molar-refractivity contribution in [3.05, 3.63) is 12.3 Å². The van der Waals surface area contributed by atoms with Crippen LogP contribution < -0.4 is 11.1 Å². The molecule has 5 nitrogen and oxygen atoms in total. The molecule has 18 heavy (non-hydrogen) atoms. The molecule has 0 saturated heterocycles. The Labute approximate surface area is 108 Å². The number of rotatable bonds is 2. The van der Waals surface area contributed by atoms with Crippen LogP contribution in [0.5, 0.6) is 0 Å². The van der Waals surface area contributed by atoms with Crippen molar-refractivity contribution in [2.24, 2.45) is 23.0 Å². The summed E-state index contributed by atoms with van der Waals surface area (Å²) in [5, 5.41) is 9.46. The highest BCUT2D eigenvalue weighted by atomic mass is 16.2. The second-order valence-corrected chi connectivity index (χ2v) is 5.86. The van der Waals surface area contributed by atoms with Crippen molar-refractivity contribution in [2.75, 3.05) is 5.32 Å². The van der Waals surface area contributed by atoms with E-state index < -0.39 is 0 Å². The van der Waals surface area contributed by atoms with Gasteiger partial charge in [0, 0.05) is 18.0 Å². The Hall–Kier alpha value is -1.36. The van der Waals surface area contributed by atoms with Crippen LogP contribution in [0, 0.1) is 17.3 Å². The second kappa shape index (κ2) is 4.72. The van der Waals surface area contributed by atoms with Gasteiger partial charge in [0.25, 0.3) is 0 Å². The van der Waals surface area contributed by atoms with Crippen LogP contribution >= 0.6 is 0 Å². The van der Waals surface area contributed by atoms with Gasteiger partial charge in [0.05, 0.1) is 6.20 Å². The lowest BCUT2D eigenvalue weighted by Gasteiger charge is -2.45. The predicted molar refractivity (Wildman–Crippen MR) is 70.9 cm³/mol. The molecule has 1 aliphatic carbocycles. The Balaban J connectivity index is 2.10. The third-order valence-electron chi connectivity index (χ3n) is 4.58. The Morgan fingerprint density at radius 2 is 2.28 bits per heavy atom. The first kappa shape index (κ1) is 13.1. The molecule has 0 aromatic carbocycles. The van der Waals surface area contributed by atoms with E-state index in [4.69, 9.17) is 5.73 Å². The summed E-state index contributed by atoms with van der Waals surface area (Å²) < 4.78 is 0. The van der Waals surface area contributed by atoms with Crippen LogP contribution in [-0.2, 0) is 4.79 Å². The van der Waals surface area contributed by atoms with Gasteiger partial charge in [0.2, 0.25) is 5.91 Å². The smallest absolute Gasteiger partial charge is 0.229 e. The maximum atomic E-state index is 12.3. The maximum Gasteiger partial charge on any atom is 0.229 e. The minimum Gasteiger partial charge on any atom is -0.327 e. The zero-order valence-corrected chi connectivity index (χ0v) is 11.2. The van der Waals surface area contributed by atoms with E-state index in [0.717, 1.165) is 12.8 Å². The third-order valence-corrected chi connectivity index (χ3v) is 4.58. The highest BCUT2D eigenvalue weighted by molar-refractivity contribution is 5.92. The van der Waals surface area contributed by atoms with E-state index >= 15 is 0 Å². The van der Waals surface area contributed by atoms with Crippen LogP contribution in [0.3, 0.4) is 0 Å². The van der Waals surface area contributed by atoms with Crippen molar-refractivity contribution in [3.8, 4) is 0 Å². The number of anilines is 1. The average molecular weight is 250 g/mol. The van der Waals surface area contributed by atoms with Crippen LogP contribution in [0.2, 0.25) is 0 Å². The largest absolute Gasteiger partial charge is 0.327 e. The first-order chi connectivity index (χ1) is 8.43. The number of nitrogens with zero attached hydrogens (tertiary/aromatic N) is 1. The Morgan fingerprint density at radius 3 is 2.89 bits per heavy atom. The molecule has 1 aromatic heterocycles. The molecule has 0 bridgehead atoms. The summed E-state index contributed by atoms with van der Waals surface area (Å²) in [7, 11) is 0. The van der Waals surface area contributed by atoms with E-state index in [9.17, 15) is 4.79 Å². The van der Waals surface area contributed by atoms with Crippen LogP contribution in [0.1, 0.15) is 33.6 Å². The van der Waals surface area contributed by atoms with Crippen molar-refractivity contribution in [1.29, 1.82) is 0 Å². The lowest BCUT2D eigenvalue weighted by molar-refractivity contribution is -0.127. The van der Waals surface area contributed by atoms with Gasteiger partial charge in [-0.1, -0.05) is 20.8 Å². The van der Waals surface area contributed by atoms with Crippen molar-refractivity contribution in [3.63, 3.8) is 0 Å². The quantitative estimate of drug-likeness (QED) is 0.747. The summed E-state index contributed by atoms with van der Waals surface area (Å²) in [6, 6.07) is 1.94. The molecule has 1 aliphatic rings. The van der Waals surface area contributed by atoms with Crippen LogP contribution in [0.25, 0.3) is 0 Å². The number of H-pyrrole nitrogens is 1. The predicted octanol–water partition coefficient (Wildman–Crippen LogP) is 1.75. The number of hydrogen-bond acceptors (Lipinski definition) is 3. The zero-order valence-electron chi connectivity index (χ0n) is 11.2. The Bertz CT molecular complexity index is 413. The fourth-order valence-corrected chi connectivity index (χ4v) is 2.86. The minimum atomic E-state index is -0.0816. The van der Waals surface area contributed by atoms with Crippen molar-refractivity contribution in [1.82, 2.24) is 10.2 Å². The monoisotopic (exact) mass is 250 g/mol. The lowest BCUT2D eigenvalue weighted by atomic mass is 9.61. The molecule has 3 atom stereocenters. The van der Waals surface area contributed by atoms with Gasteiger partial charge >= 0.3 is 0 Å². The number of amides is 1. The van der Waals surface area contributed by atoms with Crippen LogP contribution in [0.15, 0.2) is 12.3 Å². The van der Waals surface area contributed by atoms with Gasteiger partial charge in [-0.25, -0.2) is 0 Å². The number of aromatic amines is 1. The molecule has 4 N–H and O–H groups in total. The van der Waals surface area contributed by atoms with Gasteiger partial charge in [0.15, 0.2) is 0 Å². The van der Waals surface area contributed by atoms with Crippen molar-refractivity contribution < 1.29 is 4.79 Å². The number of carbonyl (C=O) groups is 1. The zero-order chi connectivity index (χ0) is 13.3. The molecular formula is C13H22N4O. The van der Waals surface area contributed by atoms with Crippen LogP contribution in [-0.4, -0.2) is 22.1 Å². The number of carbonyl (C=O) groups excluding carboxylic acids is 1. The van der Waals surface area contributed by atoms with E-state index in [-0.39, 0.29) is 23.3 Å². The van der Waals surface area contributed by atoms with E-state index in [0.29, 0.717) is 11.7 Å². The summed E-state index contributed by atoms with van der Waals surface area (Å²) >= 11 is 0. The molecule has 1 aromatic rings. The maximum absolute atomic E-state index is 12.3. The molecule has 0 radical (unpaired) electrons. The lowest BCUT2D eigenvalue weighted by Crippen LogP contribution is -2.50. The molecule has 3 unspecified atom stereocenters. The molecule has 1 saturated carbocycles. The van der Waals surface area contributed by atoms with Gasteiger partial charge < -0.3 is 11.1 Å². The van der Waals surface area contributed by atoms with Crippen molar-refractivity contribution >= 4 is 11.7 Å². The summed E-state index contributed by atoms with van der Waals surface area (Å²) in [4.78, 5) is 12.3. The van der Waals surface area contributed by atoms with E-state index in [1.54, 1.807) is 12.3 Å². The van der Waals surface area contributed by atoms with E-state index in [1.807, 2.05) is 0 Å². The Kier molecular flexibility index (Phi) is 3.43. The molecule has 2 rings (SSSR count). The van der Waals surface area contributed by atoms with Gasteiger partial charge in [-0.05, 0) is 24.2 Å². The standard InChI is InChI=1S/C13H22N4O/c1-8-10(14)5-4-9(13(8,2)3)12(18)16-11-6-7-15-17-11/h6-10H,4-5,14H2,1-3H3,(H2,15,16,17,18). The van der Waals surface area contributed by atoms with Crippen molar-refractivity contribution in [2.45, 2.75) is 39.7 Å². The first-order valence-electron chi connectivity index (χ1n) is 6.48. The normalized spacial score (nSPS) is 31.0. The number of aromatic nitrogens is 2. The molecule has 100 valence electrons. The summed E-state index contributed by atoms with van der Waals surface area (Å²) in [6.45, 7) is 6.40. The number of nitrogens with one attached hydrogen (secondary N) is 2. The molecule has 0 aliphatic heterocycles. The number of hydrogen-bond donors (Lipinski definition) is 3. The third kappa shape index (κ3) is 2.27. The Morgan fingerprint density at radius 1 is 1.56 bits per heavy atom. The van der Waals surface area contributed by atoms with Gasteiger partial charge in [-0.2, -0.15) is 5.10 Å².